The molecule has 0 spiro atoms. The number of carboxylic acids is 1. The quantitative estimate of drug-likeness (QED) is 0.756. The van der Waals surface area contributed by atoms with Crippen molar-refractivity contribution in [3.05, 3.63) is 34.9 Å². The molecule has 1 N–H and O–H groups in total. The summed E-state index contributed by atoms with van der Waals surface area (Å²) in [6.45, 7) is 0. The molecule has 136 valence electrons. The number of carboxylic acid groups (broad SMARTS) is 1. The van der Waals surface area contributed by atoms with Crippen LogP contribution in [0.25, 0.3) is 0 Å². The molecule has 5 rings (SSSR count). The number of carbonyl (C=O) groups is 1. The molecule has 25 heavy (non-hydrogen) atoms. The zero-order valence-corrected chi connectivity index (χ0v) is 13.2. The lowest BCUT2D eigenvalue weighted by atomic mass is 9.45. The number of benzene rings is 1. The van der Waals surface area contributed by atoms with Crippen LogP contribution in [0.3, 0.4) is 0 Å². The molecule has 7 heteroatoms. The molecule has 4 aliphatic rings. The van der Waals surface area contributed by atoms with Crippen molar-refractivity contribution in [3.63, 3.8) is 0 Å². The second kappa shape index (κ2) is 5.17. The van der Waals surface area contributed by atoms with E-state index in [1.165, 1.54) is 0 Å². The Labute approximate surface area is 141 Å². The summed E-state index contributed by atoms with van der Waals surface area (Å²) in [6.07, 6.45) is -2.46. The molecule has 0 radical (unpaired) electrons. The SMILES string of the molecule is O=C(O)C12CC3CC(C1)C(c1ccc(F)c(F)c1C(F)(F)F)C(C3)C2. The fourth-order valence-electron chi connectivity index (χ4n) is 5.93. The van der Waals surface area contributed by atoms with Crippen molar-refractivity contribution in [1.82, 2.24) is 0 Å². The van der Waals surface area contributed by atoms with Crippen LogP contribution in [0.5, 0.6) is 0 Å². The molecule has 2 nitrogen and oxygen atoms in total. The van der Waals surface area contributed by atoms with Gasteiger partial charge in [0, 0.05) is 0 Å². The lowest BCUT2D eigenvalue weighted by Crippen LogP contribution is -2.53. The van der Waals surface area contributed by atoms with Gasteiger partial charge in [0.25, 0.3) is 0 Å². The second-order valence-corrected chi connectivity index (χ2v) is 7.90. The van der Waals surface area contributed by atoms with Gasteiger partial charge in [-0.2, -0.15) is 13.2 Å². The topological polar surface area (TPSA) is 37.3 Å². The smallest absolute Gasteiger partial charge is 0.419 e. The maximum atomic E-state index is 14.0. The molecule has 2 atom stereocenters. The van der Waals surface area contributed by atoms with Crippen LogP contribution in [0.1, 0.15) is 49.1 Å². The molecule has 0 aliphatic heterocycles. The zero-order valence-electron chi connectivity index (χ0n) is 13.2. The summed E-state index contributed by atoms with van der Waals surface area (Å²) in [7, 11) is 0. The normalized spacial score (nSPS) is 36.7. The Morgan fingerprint density at radius 3 is 2.20 bits per heavy atom. The Hall–Kier alpha value is -1.66. The molecular weight excluding hydrogens is 343 g/mol. The van der Waals surface area contributed by atoms with Gasteiger partial charge in [0.05, 0.1) is 11.0 Å². The highest BCUT2D eigenvalue weighted by Crippen LogP contribution is 2.65. The highest BCUT2D eigenvalue weighted by atomic mass is 19.4. The highest BCUT2D eigenvalue weighted by molar-refractivity contribution is 5.75. The molecule has 4 fully saturated rings. The first-order valence-corrected chi connectivity index (χ1v) is 8.41. The molecule has 0 saturated heterocycles. The lowest BCUT2D eigenvalue weighted by molar-refractivity contribution is -0.167. The molecular formula is C18H17F5O2. The van der Waals surface area contributed by atoms with E-state index < -0.39 is 40.7 Å². The Bertz CT molecular complexity index is 726. The van der Waals surface area contributed by atoms with Crippen molar-refractivity contribution in [2.24, 2.45) is 23.2 Å². The Balaban J connectivity index is 1.80. The molecule has 4 aliphatic carbocycles. The van der Waals surface area contributed by atoms with Crippen LogP contribution in [-0.2, 0) is 11.0 Å². The van der Waals surface area contributed by atoms with Crippen molar-refractivity contribution in [3.8, 4) is 0 Å². The average molecular weight is 360 g/mol. The Morgan fingerprint density at radius 2 is 1.68 bits per heavy atom. The minimum absolute atomic E-state index is 0.199. The maximum Gasteiger partial charge on any atom is 0.419 e. The first-order chi connectivity index (χ1) is 11.6. The maximum absolute atomic E-state index is 14.0. The van der Waals surface area contributed by atoms with Gasteiger partial charge in [0.15, 0.2) is 11.6 Å². The first-order valence-electron chi connectivity index (χ1n) is 8.41. The fraction of sp³-hybridized carbons (Fsp3) is 0.611. The average Bonchev–Trinajstić information content (AvgIpc) is 2.48. The van der Waals surface area contributed by atoms with Crippen LogP contribution >= 0.6 is 0 Å². The van der Waals surface area contributed by atoms with Gasteiger partial charge in [0.2, 0.25) is 0 Å². The summed E-state index contributed by atoms with van der Waals surface area (Å²) < 4.78 is 67.6. The van der Waals surface area contributed by atoms with Gasteiger partial charge in [-0.15, -0.1) is 0 Å². The first kappa shape index (κ1) is 16.8. The van der Waals surface area contributed by atoms with E-state index in [-0.39, 0.29) is 23.3 Å². The zero-order chi connectivity index (χ0) is 18.1. The molecule has 0 heterocycles. The van der Waals surface area contributed by atoms with Gasteiger partial charge < -0.3 is 5.11 Å². The summed E-state index contributed by atoms with van der Waals surface area (Å²) in [4.78, 5) is 11.7. The number of aliphatic carboxylic acids is 1. The van der Waals surface area contributed by atoms with Gasteiger partial charge in [-0.1, -0.05) is 6.07 Å². The second-order valence-electron chi connectivity index (χ2n) is 7.90. The summed E-state index contributed by atoms with van der Waals surface area (Å²) in [6, 6.07) is 1.79. The van der Waals surface area contributed by atoms with Crippen LogP contribution in [0.15, 0.2) is 12.1 Å². The fourth-order valence-corrected chi connectivity index (χ4v) is 5.93. The molecule has 0 aromatic heterocycles. The molecule has 0 amide bonds. The van der Waals surface area contributed by atoms with E-state index in [0.717, 1.165) is 12.1 Å². The van der Waals surface area contributed by atoms with Gasteiger partial charge in [-0.05, 0) is 67.4 Å². The van der Waals surface area contributed by atoms with E-state index in [0.29, 0.717) is 32.1 Å². The van der Waals surface area contributed by atoms with Crippen molar-refractivity contribution >= 4 is 5.97 Å². The largest absolute Gasteiger partial charge is 0.481 e. The van der Waals surface area contributed by atoms with E-state index in [9.17, 15) is 31.9 Å². The lowest BCUT2D eigenvalue weighted by Gasteiger charge is -2.58. The predicted octanol–water partition coefficient (Wildman–Crippen LogP) is 4.98. The van der Waals surface area contributed by atoms with Crippen molar-refractivity contribution < 1.29 is 31.9 Å². The van der Waals surface area contributed by atoms with Gasteiger partial charge in [-0.3, -0.25) is 4.79 Å². The Morgan fingerprint density at radius 1 is 1.08 bits per heavy atom. The summed E-state index contributed by atoms with van der Waals surface area (Å²) in [5.41, 5.74) is -2.58. The number of alkyl halides is 3. The molecule has 1 aromatic carbocycles. The van der Waals surface area contributed by atoms with Crippen molar-refractivity contribution in [2.75, 3.05) is 0 Å². The minimum Gasteiger partial charge on any atom is -0.481 e. The van der Waals surface area contributed by atoms with Crippen LogP contribution < -0.4 is 0 Å². The Kier molecular flexibility index (Phi) is 3.48. The molecule has 4 bridgehead atoms. The molecule has 2 unspecified atom stereocenters. The highest BCUT2D eigenvalue weighted by Gasteiger charge is 2.59. The third-order valence-corrected chi connectivity index (χ3v) is 6.50. The third kappa shape index (κ3) is 2.38. The van der Waals surface area contributed by atoms with E-state index in [1.54, 1.807) is 0 Å². The number of hydrogen-bond acceptors (Lipinski definition) is 1. The van der Waals surface area contributed by atoms with E-state index >= 15 is 0 Å². The van der Waals surface area contributed by atoms with Crippen LogP contribution in [0, 0.1) is 34.8 Å². The van der Waals surface area contributed by atoms with E-state index in [1.807, 2.05) is 0 Å². The van der Waals surface area contributed by atoms with Gasteiger partial charge in [0.1, 0.15) is 0 Å². The monoisotopic (exact) mass is 360 g/mol. The predicted molar refractivity (Wildman–Crippen MR) is 77.7 cm³/mol. The third-order valence-electron chi connectivity index (χ3n) is 6.50. The minimum atomic E-state index is -4.99. The van der Waals surface area contributed by atoms with Crippen LogP contribution in [0.4, 0.5) is 22.0 Å². The molecule has 4 saturated carbocycles. The van der Waals surface area contributed by atoms with E-state index in [2.05, 4.69) is 0 Å². The van der Waals surface area contributed by atoms with Crippen LogP contribution in [0.2, 0.25) is 0 Å². The summed E-state index contributed by atoms with van der Waals surface area (Å²) >= 11 is 0. The van der Waals surface area contributed by atoms with Crippen LogP contribution in [-0.4, -0.2) is 11.1 Å². The number of hydrogen-bond donors (Lipinski definition) is 1. The summed E-state index contributed by atoms with van der Waals surface area (Å²) in [5.74, 6) is -5.07. The van der Waals surface area contributed by atoms with E-state index in [4.69, 9.17) is 0 Å². The van der Waals surface area contributed by atoms with Gasteiger partial charge in [-0.25, -0.2) is 8.78 Å². The van der Waals surface area contributed by atoms with Crippen molar-refractivity contribution in [1.29, 1.82) is 0 Å². The van der Waals surface area contributed by atoms with Gasteiger partial charge >= 0.3 is 12.1 Å². The summed E-state index contributed by atoms with van der Waals surface area (Å²) in [5, 5.41) is 9.61. The van der Waals surface area contributed by atoms with Crippen molar-refractivity contribution in [2.45, 2.75) is 44.2 Å². The number of rotatable bonds is 2. The number of halogens is 5. The molecule has 1 aromatic rings. The standard InChI is InChI=1S/C18H17F5O2/c19-12-2-1-11(14(15(12)20)18(21,22)23)13-9-3-8-4-10(13)7-17(5-8,6-9)16(24)25/h1-2,8-10,13H,3-7H2,(H,24,25).